The van der Waals surface area contributed by atoms with Gasteiger partial charge in [0.2, 0.25) is 5.88 Å². The summed E-state index contributed by atoms with van der Waals surface area (Å²) in [5.41, 5.74) is 5.28. The Balaban J connectivity index is 1.68. The number of rotatable bonds is 3. The molecule has 25 heavy (non-hydrogen) atoms. The monoisotopic (exact) mass is 334 g/mol. The standard InChI is InChI=1S/C19H18N4O2/c1-25-16-8-7-13(10-22-16)23-19(24)14-11-21-15-6-2-4-12-5-3-9-20-18(12)17(14)15/h3,5,7-11,21H,2,4,6H2,1H3,(H,23,24). The molecule has 0 radical (unpaired) electrons. The zero-order valence-corrected chi connectivity index (χ0v) is 13.9. The molecule has 1 aliphatic carbocycles. The van der Waals surface area contributed by atoms with Gasteiger partial charge >= 0.3 is 0 Å². The summed E-state index contributed by atoms with van der Waals surface area (Å²) in [5, 5.41) is 2.89. The van der Waals surface area contributed by atoms with Crippen molar-refractivity contribution < 1.29 is 9.53 Å². The number of pyridine rings is 2. The zero-order valence-electron chi connectivity index (χ0n) is 13.9. The van der Waals surface area contributed by atoms with Gasteiger partial charge < -0.3 is 15.0 Å². The van der Waals surface area contributed by atoms with Gasteiger partial charge in [-0.1, -0.05) is 6.07 Å². The maximum absolute atomic E-state index is 12.8. The number of ether oxygens (including phenoxy) is 1. The lowest BCUT2D eigenvalue weighted by Crippen LogP contribution is -2.12. The first-order chi connectivity index (χ1) is 12.3. The van der Waals surface area contributed by atoms with Crippen LogP contribution in [-0.2, 0) is 12.8 Å². The summed E-state index contributed by atoms with van der Waals surface area (Å²) < 4.78 is 5.04. The molecule has 4 rings (SSSR count). The molecule has 0 saturated heterocycles. The number of carbonyl (C=O) groups excluding carboxylic acids is 1. The van der Waals surface area contributed by atoms with Crippen LogP contribution >= 0.6 is 0 Å². The van der Waals surface area contributed by atoms with Gasteiger partial charge in [0.1, 0.15) is 0 Å². The predicted octanol–water partition coefficient (Wildman–Crippen LogP) is 3.22. The lowest BCUT2D eigenvalue weighted by molar-refractivity contribution is 0.102. The van der Waals surface area contributed by atoms with E-state index in [0.717, 1.165) is 36.2 Å². The summed E-state index contributed by atoms with van der Waals surface area (Å²) in [6, 6.07) is 7.50. The van der Waals surface area contributed by atoms with Gasteiger partial charge in [0, 0.05) is 29.7 Å². The number of H-pyrrole nitrogens is 1. The van der Waals surface area contributed by atoms with E-state index >= 15 is 0 Å². The number of amides is 1. The summed E-state index contributed by atoms with van der Waals surface area (Å²) in [6.45, 7) is 0. The third-order valence-electron chi connectivity index (χ3n) is 4.41. The minimum atomic E-state index is -0.178. The van der Waals surface area contributed by atoms with E-state index in [1.54, 1.807) is 37.8 Å². The van der Waals surface area contributed by atoms with E-state index in [1.165, 1.54) is 5.56 Å². The highest BCUT2D eigenvalue weighted by Crippen LogP contribution is 2.33. The summed E-state index contributed by atoms with van der Waals surface area (Å²) >= 11 is 0. The van der Waals surface area contributed by atoms with Crippen molar-refractivity contribution >= 4 is 11.6 Å². The third kappa shape index (κ3) is 2.87. The second-order valence-electron chi connectivity index (χ2n) is 5.96. The Hall–Kier alpha value is -3.15. The molecule has 6 nitrogen and oxygen atoms in total. The van der Waals surface area contributed by atoms with Crippen LogP contribution in [0.15, 0.2) is 42.9 Å². The minimum Gasteiger partial charge on any atom is -0.481 e. The molecule has 6 heteroatoms. The molecule has 2 N–H and O–H groups in total. The molecule has 0 atom stereocenters. The van der Waals surface area contributed by atoms with Gasteiger partial charge in [0.15, 0.2) is 0 Å². The van der Waals surface area contributed by atoms with Gasteiger partial charge in [-0.05, 0) is 37.0 Å². The van der Waals surface area contributed by atoms with Crippen molar-refractivity contribution in [2.75, 3.05) is 12.4 Å². The second-order valence-corrected chi connectivity index (χ2v) is 5.96. The summed E-state index contributed by atoms with van der Waals surface area (Å²) in [4.78, 5) is 24.7. The number of fused-ring (bicyclic) bond motifs is 3. The van der Waals surface area contributed by atoms with Gasteiger partial charge in [-0.25, -0.2) is 4.98 Å². The van der Waals surface area contributed by atoms with Gasteiger partial charge in [-0.2, -0.15) is 0 Å². The largest absolute Gasteiger partial charge is 0.481 e. The second kappa shape index (κ2) is 6.39. The van der Waals surface area contributed by atoms with Crippen LogP contribution < -0.4 is 10.1 Å². The van der Waals surface area contributed by atoms with Crippen molar-refractivity contribution in [1.29, 1.82) is 0 Å². The van der Waals surface area contributed by atoms with Gasteiger partial charge in [0.05, 0.1) is 30.3 Å². The first-order valence-electron chi connectivity index (χ1n) is 8.22. The fourth-order valence-corrected chi connectivity index (χ4v) is 3.21. The Morgan fingerprint density at radius 3 is 2.96 bits per heavy atom. The third-order valence-corrected chi connectivity index (χ3v) is 4.41. The molecule has 0 saturated carbocycles. The quantitative estimate of drug-likeness (QED) is 0.771. The maximum atomic E-state index is 12.8. The molecular weight excluding hydrogens is 316 g/mol. The average Bonchev–Trinajstić information content (AvgIpc) is 2.98. The van der Waals surface area contributed by atoms with Crippen molar-refractivity contribution in [2.45, 2.75) is 19.3 Å². The molecule has 0 bridgehead atoms. The van der Waals surface area contributed by atoms with E-state index in [1.807, 2.05) is 6.07 Å². The van der Waals surface area contributed by atoms with Crippen LogP contribution in [0.2, 0.25) is 0 Å². The van der Waals surface area contributed by atoms with Crippen LogP contribution in [0, 0.1) is 0 Å². The van der Waals surface area contributed by atoms with Crippen LogP contribution in [0.5, 0.6) is 5.88 Å². The van der Waals surface area contributed by atoms with Crippen LogP contribution in [0.3, 0.4) is 0 Å². The molecule has 0 aliphatic heterocycles. The van der Waals surface area contributed by atoms with Crippen LogP contribution in [-0.4, -0.2) is 28.0 Å². The lowest BCUT2D eigenvalue weighted by Gasteiger charge is -2.09. The topological polar surface area (TPSA) is 79.9 Å². The average molecular weight is 334 g/mol. The number of hydrogen-bond donors (Lipinski definition) is 2. The van der Waals surface area contributed by atoms with Crippen LogP contribution in [0.25, 0.3) is 11.3 Å². The number of aromatic amines is 1. The fourth-order valence-electron chi connectivity index (χ4n) is 3.21. The normalized spacial score (nSPS) is 12.7. The highest BCUT2D eigenvalue weighted by atomic mass is 16.5. The highest BCUT2D eigenvalue weighted by Gasteiger charge is 2.24. The van der Waals surface area contributed by atoms with Crippen molar-refractivity contribution in [3.8, 4) is 17.1 Å². The molecule has 0 spiro atoms. The molecule has 1 amide bonds. The Morgan fingerprint density at radius 2 is 2.16 bits per heavy atom. The molecule has 3 aromatic heterocycles. The molecule has 0 unspecified atom stereocenters. The number of hydrogen-bond acceptors (Lipinski definition) is 4. The first kappa shape index (κ1) is 15.4. The maximum Gasteiger partial charge on any atom is 0.257 e. The van der Waals surface area contributed by atoms with Crippen molar-refractivity contribution in [3.05, 3.63) is 59.7 Å². The first-order valence-corrected chi connectivity index (χ1v) is 8.22. The number of nitrogens with one attached hydrogen (secondary N) is 2. The van der Waals surface area contributed by atoms with E-state index < -0.39 is 0 Å². The van der Waals surface area contributed by atoms with E-state index in [9.17, 15) is 4.79 Å². The summed E-state index contributed by atoms with van der Waals surface area (Å²) in [7, 11) is 1.56. The number of aryl methyl sites for hydroxylation is 2. The van der Waals surface area contributed by atoms with Crippen molar-refractivity contribution in [1.82, 2.24) is 15.0 Å². The Kier molecular flexibility index (Phi) is 3.93. The van der Waals surface area contributed by atoms with Crippen LogP contribution in [0.1, 0.15) is 28.0 Å². The summed E-state index contributed by atoms with van der Waals surface area (Å²) in [5.74, 6) is 0.328. The molecule has 0 fully saturated rings. The molecule has 3 heterocycles. The SMILES string of the molecule is COc1ccc(NC(=O)c2c[nH]c3c2-c2ncccc2CCC3)cn1. The van der Waals surface area contributed by atoms with Gasteiger partial charge in [-0.15, -0.1) is 0 Å². The fraction of sp³-hybridized carbons (Fsp3) is 0.211. The Labute approximate surface area is 145 Å². The number of nitrogens with zero attached hydrogens (tertiary/aromatic N) is 2. The van der Waals surface area contributed by atoms with E-state index in [0.29, 0.717) is 17.1 Å². The zero-order chi connectivity index (χ0) is 17.2. The van der Waals surface area contributed by atoms with E-state index in [-0.39, 0.29) is 5.91 Å². The Morgan fingerprint density at radius 1 is 1.24 bits per heavy atom. The van der Waals surface area contributed by atoms with E-state index in [4.69, 9.17) is 4.74 Å². The van der Waals surface area contributed by atoms with Crippen molar-refractivity contribution in [3.63, 3.8) is 0 Å². The van der Waals surface area contributed by atoms with Gasteiger partial charge in [0.25, 0.3) is 5.91 Å². The minimum absolute atomic E-state index is 0.178. The number of anilines is 1. The van der Waals surface area contributed by atoms with Crippen LogP contribution in [0.4, 0.5) is 5.69 Å². The molecule has 1 aliphatic rings. The predicted molar refractivity (Wildman–Crippen MR) is 94.8 cm³/mol. The summed E-state index contributed by atoms with van der Waals surface area (Å²) in [6.07, 6.45) is 8.03. The van der Waals surface area contributed by atoms with Crippen molar-refractivity contribution in [2.24, 2.45) is 0 Å². The lowest BCUT2D eigenvalue weighted by atomic mass is 10.0. The Bertz CT molecular complexity index is 915. The smallest absolute Gasteiger partial charge is 0.257 e. The number of methoxy groups -OCH3 is 1. The molecule has 0 aromatic carbocycles. The number of aromatic nitrogens is 3. The van der Waals surface area contributed by atoms with E-state index in [2.05, 4.69) is 26.3 Å². The number of carbonyl (C=O) groups is 1. The molecule has 126 valence electrons. The molecular formula is C19H18N4O2. The highest BCUT2D eigenvalue weighted by molar-refractivity contribution is 6.09. The molecule has 3 aromatic rings. The van der Waals surface area contributed by atoms with Gasteiger partial charge in [-0.3, -0.25) is 9.78 Å².